The van der Waals surface area contributed by atoms with E-state index in [9.17, 15) is 9.59 Å². The molecule has 0 aliphatic carbocycles. The first-order valence-corrected chi connectivity index (χ1v) is 8.88. The predicted octanol–water partition coefficient (Wildman–Crippen LogP) is 4.23. The Morgan fingerprint density at radius 2 is 1.81 bits per heavy atom. The Kier molecular flexibility index (Phi) is 5.09. The number of ether oxygens (including phenoxy) is 1. The summed E-state index contributed by atoms with van der Waals surface area (Å²) >= 11 is 3.22. The van der Waals surface area contributed by atoms with Gasteiger partial charge in [-0.25, -0.2) is 0 Å². The Labute approximate surface area is 160 Å². The largest absolute Gasteiger partial charge is 0.489 e. The van der Waals surface area contributed by atoms with Gasteiger partial charge in [0.25, 0.3) is 11.8 Å². The van der Waals surface area contributed by atoms with E-state index in [4.69, 9.17) is 4.74 Å². The zero-order valence-corrected chi connectivity index (χ0v) is 16.2. The number of nitrogens with zero attached hydrogens (tertiary/aromatic N) is 1. The molecule has 0 unspecified atom stereocenters. The maximum absolute atomic E-state index is 12.3. The van der Waals surface area contributed by atoms with Crippen LogP contribution in [0.4, 0.5) is 0 Å². The summed E-state index contributed by atoms with van der Waals surface area (Å²) in [5.41, 5.74) is 3.64. The third-order valence-corrected chi connectivity index (χ3v) is 5.04. The second kappa shape index (κ2) is 7.30. The lowest BCUT2D eigenvalue weighted by Gasteiger charge is -2.13. The maximum atomic E-state index is 12.3. The minimum Gasteiger partial charge on any atom is -0.489 e. The van der Waals surface area contributed by atoms with Gasteiger partial charge in [0.05, 0.1) is 10.1 Å². The number of imide groups is 1. The van der Waals surface area contributed by atoms with Crippen LogP contribution in [0.25, 0.3) is 5.57 Å². The lowest BCUT2D eigenvalue weighted by atomic mass is 9.95. The van der Waals surface area contributed by atoms with Crippen molar-refractivity contribution in [3.8, 4) is 5.75 Å². The van der Waals surface area contributed by atoms with Crippen molar-refractivity contribution in [2.75, 3.05) is 7.05 Å². The molecule has 0 fully saturated rings. The fraction of sp³-hybridized carbons (Fsp3) is 0.143. The molecule has 0 aromatic heterocycles. The molecule has 0 bridgehead atoms. The fourth-order valence-corrected chi connectivity index (χ4v) is 3.48. The van der Waals surface area contributed by atoms with Crippen molar-refractivity contribution in [2.24, 2.45) is 0 Å². The molecular weight excluding hydrogens is 394 g/mol. The third-order valence-electron chi connectivity index (χ3n) is 4.30. The van der Waals surface area contributed by atoms with Crippen LogP contribution in [0.5, 0.6) is 5.75 Å². The average molecular weight is 412 g/mol. The number of carbonyl (C=O) groups excluding carboxylic acids is 2. The molecule has 1 aliphatic rings. The molecule has 2 aromatic rings. The van der Waals surface area contributed by atoms with Crippen molar-refractivity contribution in [3.05, 3.63) is 81.9 Å². The molecule has 4 nitrogen and oxygen atoms in total. The van der Waals surface area contributed by atoms with Crippen LogP contribution in [0.2, 0.25) is 0 Å². The number of hydrogen-bond acceptors (Lipinski definition) is 3. The molecule has 1 heterocycles. The Balaban J connectivity index is 1.81. The van der Waals surface area contributed by atoms with E-state index in [0.29, 0.717) is 17.8 Å². The van der Waals surface area contributed by atoms with Gasteiger partial charge in [0.2, 0.25) is 0 Å². The molecule has 3 rings (SSSR count). The van der Waals surface area contributed by atoms with Gasteiger partial charge in [-0.1, -0.05) is 43.0 Å². The number of amides is 2. The zero-order chi connectivity index (χ0) is 18.8. The maximum Gasteiger partial charge on any atom is 0.268 e. The second-order valence-corrected chi connectivity index (χ2v) is 6.88. The molecule has 0 saturated heterocycles. The highest BCUT2D eigenvalue weighted by Gasteiger charge is 2.36. The monoisotopic (exact) mass is 411 g/mol. The lowest BCUT2D eigenvalue weighted by Crippen LogP contribution is -2.26. The Morgan fingerprint density at radius 3 is 2.38 bits per heavy atom. The second-order valence-electron chi connectivity index (χ2n) is 6.09. The van der Waals surface area contributed by atoms with E-state index in [1.807, 2.05) is 55.5 Å². The van der Waals surface area contributed by atoms with Gasteiger partial charge in [0.15, 0.2) is 0 Å². The summed E-state index contributed by atoms with van der Waals surface area (Å²) in [6.07, 6.45) is 0. The zero-order valence-electron chi connectivity index (χ0n) is 14.6. The summed E-state index contributed by atoms with van der Waals surface area (Å²) in [4.78, 5) is 25.4. The van der Waals surface area contributed by atoms with Gasteiger partial charge in [0.1, 0.15) is 12.4 Å². The predicted molar refractivity (Wildman–Crippen MR) is 105 cm³/mol. The molecule has 2 aromatic carbocycles. The molecular formula is C21H18BrNO3. The summed E-state index contributed by atoms with van der Waals surface area (Å²) in [5, 5.41) is 0. The highest BCUT2D eigenvalue weighted by Crippen LogP contribution is 2.35. The molecule has 0 radical (unpaired) electrons. The number of halogens is 1. The number of rotatable bonds is 5. The van der Waals surface area contributed by atoms with Crippen LogP contribution in [0.15, 0.2) is 65.2 Å². The van der Waals surface area contributed by atoms with Crippen LogP contribution < -0.4 is 4.74 Å². The van der Waals surface area contributed by atoms with Crippen LogP contribution in [-0.4, -0.2) is 23.8 Å². The standard InChI is InChI=1S/C21H18BrNO3/c1-13-11-16(26-12-15-7-5-4-6-8-15)9-10-17(13)14(2)18-19(22)21(25)23(3)20(18)24/h4-11H,2,12H2,1,3H3. The van der Waals surface area contributed by atoms with Gasteiger partial charge in [-0.05, 0) is 57.2 Å². The van der Waals surface area contributed by atoms with E-state index < -0.39 is 0 Å². The van der Waals surface area contributed by atoms with Crippen molar-refractivity contribution >= 4 is 33.3 Å². The summed E-state index contributed by atoms with van der Waals surface area (Å²) in [7, 11) is 1.46. The summed E-state index contributed by atoms with van der Waals surface area (Å²) in [6, 6.07) is 15.5. The fourth-order valence-electron chi connectivity index (χ4n) is 2.81. The molecule has 0 spiro atoms. The lowest BCUT2D eigenvalue weighted by molar-refractivity contribution is -0.135. The number of benzene rings is 2. The minimum atomic E-state index is -0.355. The number of carbonyl (C=O) groups is 2. The van der Waals surface area contributed by atoms with Crippen molar-refractivity contribution in [1.29, 1.82) is 0 Å². The van der Waals surface area contributed by atoms with Crippen LogP contribution in [0.1, 0.15) is 16.7 Å². The number of hydrogen-bond donors (Lipinski definition) is 0. The topological polar surface area (TPSA) is 46.6 Å². The van der Waals surface area contributed by atoms with E-state index in [-0.39, 0.29) is 16.3 Å². The first kappa shape index (κ1) is 18.1. The minimum absolute atomic E-state index is 0.249. The smallest absolute Gasteiger partial charge is 0.268 e. The van der Waals surface area contributed by atoms with Gasteiger partial charge in [-0.3, -0.25) is 14.5 Å². The first-order valence-electron chi connectivity index (χ1n) is 8.09. The van der Waals surface area contributed by atoms with Gasteiger partial charge in [-0.2, -0.15) is 0 Å². The summed E-state index contributed by atoms with van der Waals surface area (Å²) in [5.74, 6) is 0.0317. The summed E-state index contributed by atoms with van der Waals surface area (Å²) < 4.78 is 6.08. The van der Waals surface area contributed by atoms with E-state index >= 15 is 0 Å². The molecule has 5 heteroatoms. The molecule has 132 valence electrons. The molecule has 0 N–H and O–H groups in total. The van der Waals surface area contributed by atoms with Crippen molar-refractivity contribution < 1.29 is 14.3 Å². The molecule has 2 amide bonds. The van der Waals surface area contributed by atoms with E-state index in [1.165, 1.54) is 7.05 Å². The molecule has 0 saturated carbocycles. The summed E-state index contributed by atoms with van der Waals surface area (Å²) in [6.45, 7) is 6.44. The van der Waals surface area contributed by atoms with Crippen molar-refractivity contribution in [2.45, 2.75) is 13.5 Å². The van der Waals surface area contributed by atoms with Gasteiger partial charge >= 0.3 is 0 Å². The number of likely N-dealkylation sites (N-methyl/N-ethyl adjacent to an activating group) is 1. The van der Waals surface area contributed by atoms with Crippen LogP contribution in [0.3, 0.4) is 0 Å². The average Bonchev–Trinajstić information content (AvgIpc) is 2.83. The Hall–Kier alpha value is -2.66. The van der Waals surface area contributed by atoms with Crippen LogP contribution in [-0.2, 0) is 16.2 Å². The Bertz CT molecular complexity index is 932. The van der Waals surface area contributed by atoms with E-state index in [2.05, 4.69) is 22.5 Å². The Morgan fingerprint density at radius 1 is 1.12 bits per heavy atom. The van der Waals surface area contributed by atoms with Crippen LogP contribution in [0, 0.1) is 6.92 Å². The van der Waals surface area contributed by atoms with Gasteiger partial charge in [-0.15, -0.1) is 0 Å². The SMILES string of the molecule is C=C(C1=C(Br)C(=O)N(C)C1=O)c1ccc(OCc2ccccc2)cc1C. The van der Waals surface area contributed by atoms with Gasteiger partial charge < -0.3 is 4.74 Å². The quantitative estimate of drug-likeness (QED) is 0.691. The van der Waals surface area contributed by atoms with Crippen molar-refractivity contribution in [3.63, 3.8) is 0 Å². The molecule has 0 atom stereocenters. The molecule has 1 aliphatic heterocycles. The van der Waals surface area contributed by atoms with Crippen LogP contribution >= 0.6 is 15.9 Å². The molecule has 26 heavy (non-hydrogen) atoms. The van der Waals surface area contributed by atoms with E-state index in [0.717, 1.165) is 27.3 Å². The van der Waals surface area contributed by atoms with Gasteiger partial charge in [0, 0.05) is 7.05 Å². The normalized spacial score (nSPS) is 14.2. The number of aryl methyl sites for hydroxylation is 1. The highest BCUT2D eigenvalue weighted by atomic mass is 79.9. The van der Waals surface area contributed by atoms with Crippen molar-refractivity contribution in [1.82, 2.24) is 4.90 Å². The first-order chi connectivity index (χ1) is 12.4. The third kappa shape index (κ3) is 3.35. The van der Waals surface area contributed by atoms with E-state index in [1.54, 1.807) is 0 Å². The highest BCUT2D eigenvalue weighted by molar-refractivity contribution is 9.12.